The topological polar surface area (TPSA) is 83.0 Å². The van der Waals surface area contributed by atoms with Gasteiger partial charge in [-0.3, -0.25) is 4.79 Å². The monoisotopic (exact) mass is 518 g/mol. The number of carbonyl (C=O) groups excluding carboxylic acids is 1. The summed E-state index contributed by atoms with van der Waals surface area (Å²) in [7, 11) is 1.79. The van der Waals surface area contributed by atoms with Gasteiger partial charge in [-0.1, -0.05) is 59.6 Å². The summed E-state index contributed by atoms with van der Waals surface area (Å²) in [6, 6.07) is 20.8. The van der Waals surface area contributed by atoms with Crippen LogP contribution in [0.15, 0.2) is 66.7 Å². The van der Waals surface area contributed by atoms with Gasteiger partial charge in [0.25, 0.3) is 5.91 Å². The first kappa shape index (κ1) is 24.0. The molecule has 182 valence electrons. The minimum absolute atomic E-state index is 0.162. The van der Waals surface area contributed by atoms with Gasteiger partial charge in [0.15, 0.2) is 5.82 Å². The van der Waals surface area contributed by atoms with E-state index < -0.39 is 0 Å². The van der Waals surface area contributed by atoms with E-state index in [1.807, 2.05) is 54.6 Å². The van der Waals surface area contributed by atoms with Crippen molar-refractivity contribution in [1.82, 2.24) is 20.3 Å². The van der Waals surface area contributed by atoms with Crippen molar-refractivity contribution in [3.8, 4) is 11.4 Å². The van der Waals surface area contributed by atoms with E-state index in [-0.39, 0.29) is 5.91 Å². The summed E-state index contributed by atoms with van der Waals surface area (Å²) in [5.41, 5.74) is 4.39. The second-order valence-corrected chi connectivity index (χ2v) is 9.26. The van der Waals surface area contributed by atoms with Crippen molar-refractivity contribution < 1.29 is 4.79 Å². The third kappa shape index (κ3) is 5.12. The number of benzene rings is 3. The van der Waals surface area contributed by atoms with E-state index in [1.54, 1.807) is 19.2 Å². The highest BCUT2D eigenvalue weighted by Gasteiger charge is 2.23. The molecule has 0 radical (unpaired) electrons. The Labute approximate surface area is 219 Å². The van der Waals surface area contributed by atoms with Crippen LogP contribution in [-0.4, -0.2) is 34.5 Å². The summed E-state index contributed by atoms with van der Waals surface area (Å²) < 4.78 is 0. The van der Waals surface area contributed by atoms with Crippen molar-refractivity contribution in [1.29, 1.82) is 0 Å². The third-order valence-corrected chi connectivity index (χ3v) is 6.62. The van der Waals surface area contributed by atoms with Crippen LogP contribution in [0.1, 0.15) is 27.9 Å². The second kappa shape index (κ2) is 10.5. The van der Waals surface area contributed by atoms with Crippen molar-refractivity contribution in [2.45, 2.75) is 19.4 Å². The molecule has 9 heteroatoms. The van der Waals surface area contributed by atoms with Gasteiger partial charge in [0.1, 0.15) is 0 Å². The molecule has 2 heterocycles. The molecular formula is C27H24Cl2N6O. The lowest BCUT2D eigenvalue weighted by molar-refractivity contribution is 0.0951. The zero-order chi connectivity index (χ0) is 25.1. The second-order valence-electron chi connectivity index (χ2n) is 8.42. The number of hydrogen-bond acceptors (Lipinski definition) is 6. The highest BCUT2D eigenvalue weighted by atomic mass is 35.5. The maximum Gasteiger partial charge on any atom is 0.251 e. The van der Waals surface area contributed by atoms with E-state index in [0.29, 0.717) is 39.9 Å². The molecule has 1 aliphatic heterocycles. The van der Waals surface area contributed by atoms with Crippen LogP contribution in [0.4, 0.5) is 17.6 Å². The first-order chi connectivity index (χ1) is 17.5. The van der Waals surface area contributed by atoms with Crippen LogP contribution in [0, 0.1) is 0 Å². The molecule has 0 atom stereocenters. The highest BCUT2D eigenvalue weighted by Crippen LogP contribution is 2.33. The van der Waals surface area contributed by atoms with Crippen LogP contribution >= 0.6 is 23.2 Å². The van der Waals surface area contributed by atoms with Crippen molar-refractivity contribution in [3.05, 3.63) is 93.5 Å². The maximum absolute atomic E-state index is 12.9. The summed E-state index contributed by atoms with van der Waals surface area (Å²) in [6.45, 7) is 1.09. The lowest BCUT2D eigenvalue weighted by Crippen LogP contribution is -2.28. The summed E-state index contributed by atoms with van der Waals surface area (Å²) >= 11 is 12.2. The predicted molar refractivity (Wildman–Crippen MR) is 144 cm³/mol. The van der Waals surface area contributed by atoms with Gasteiger partial charge < -0.3 is 15.5 Å². The lowest BCUT2D eigenvalue weighted by atomic mass is 9.99. The Kier molecular flexibility index (Phi) is 7.02. The summed E-state index contributed by atoms with van der Waals surface area (Å²) in [6.07, 6.45) is 1.78. The summed E-state index contributed by atoms with van der Waals surface area (Å²) in [5, 5.41) is 7.07. The molecule has 0 bridgehead atoms. The van der Waals surface area contributed by atoms with Gasteiger partial charge >= 0.3 is 0 Å². The molecule has 0 spiro atoms. The van der Waals surface area contributed by atoms with Crippen molar-refractivity contribution in [2.24, 2.45) is 0 Å². The molecule has 1 aromatic heterocycles. The Balaban J connectivity index is 1.40. The molecule has 4 aromatic rings. The van der Waals surface area contributed by atoms with Gasteiger partial charge in [-0.15, -0.1) is 0 Å². The number of fused-ring (bicyclic) bond motifs is 1. The predicted octanol–water partition coefficient (Wildman–Crippen LogP) is 5.90. The average Bonchev–Trinajstić information content (AvgIpc) is 2.92. The zero-order valence-electron chi connectivity index (χ0n) is 19.6. The molecular weight excluding hydrogens is 495 g/mol. The minimum atomic E-state index is -0.162. The highest BCUT2D eigenvalue weighted by molar-refractivity contribution is 6.35. The van der Waals surface area contributed by atoms with Gasteiger partial charge in [-0.25, -0.2) is 0 Å². The molecule has 1 amide bonds. The fraction of sp³-hybridized carbons (Fsp3) is 0.185. The van der Waals surface area contributed by atoms with Crippen molar-refractivity contribution >= 4 is 46.7 Å². The quantitative estimate of drug-likeness (QED) is 0.330. The van der Waals surface area contributed by atoms with E-state index in [2.05, 4.69) is 25.5 Å². The SMILES string of the molecule is CNc1nc(-c2ccccc2)nc(N2CCCc3cc(C(=O)NCc4ccc(Cl)cc4Cl)ccc32)n1. The molecule has 0 fully saturated rings. The zero-order valence-corrected chi connectivity index (χ0v) is 21.1. The number of amides is 1. The number of nitrogens with zero attached hydrogens (tertiary/aromatic N) is 4. The Morgan fingerprint density at radius 2 is 1.83 bits per heavy atom. The first-order valence-electron chi connectivity index (χ1n) is 11.6. The molecule has 2 N–H and O–H groups in total. The largest absolute Gasteiger partial charge is 0.357 e. The van der Waals surface area contributed by atoms with Gasteiger partial charge in [0.2, 0.25) is 11.9 Å². The fourth-order valence-corrected chi connectivity index (χ4v) is 4.68. The number of aromatic nitrogens is 3. The molecule has 0 saturated carbocycles. The number of anilines is 3. The van der Waals surface area contributed by atoms with Crippen molar-refractivity contribution in [2.75, 3.05) is 23.8 Å². The molecule has 0 unspecified atom stereocenters. The first-order valence-corrected chi connectivity index (χ1v) is 12.4. The number of halogens is 2. The Hall–Kier alpha value is -3.68. The molecule has 5 rings (SSSR count). The molecule has 36 heavy (non-hydrogen) atoms. The standard InChI is InChI=1S/C27H24Cl2N6O/c1-30-26-32-24(17-6-3-2-4-7-17)33-27(34-26)35-13-5-8-18-14-19(10-12-23(18)35)25(36)31-16-20-9-11-21(28)15-22(20)29/h2-4,6-7,9-12,14-15H,5,8,13,16H2,1H3,(H,31,36)(H,30,32,33,34). The van der Waals surface area contributed by atoms with Gasteiger partial charge in [0.05, 0.1) is 0 Å². The molecule has 0 saturated heterocycles. The molecule has 0 aliphatic carbocycles. The van der Waals surface area contributed by atoms with E-state index in [4.69, 9.17) is 28.2 Å². The normalized spacial score (nSPS) is 12.7. The van der Waals surface area contributed by atoms with E-state index in [1.165, 1.54) is 0 Å². The Bertz CT molecular complexity index is 1410. The lowest BCUT2D eigenvalue weighted by Gasteiger charge is -2.30. The minimum Gasteiger partial charge on any atom is -0.357 e. The van der Waals surface area contributed by atoms with Crippen LogP contribution < -0.4 is 15.5 Å². The molecule has 3 aromatic carbocycles. The number of rotatable bonds is 6. The number of hydrogen-bond donors (Lipinski definition) is 2. The van der Waals surface area contributed by atoms with Crippen LogP contribution in [0.5, 0.6) is 0 Å². The van der Waals surface area contributed by atoms with Crippen molar-refractivity contribution in [3.63, 3.8) is 0 Å². The fourth-order valence-electron chi connectivity index (χ4n) is 4.20. The number of carbonyl (C=O) groups is 1. The molecule has 7 nitrogen and oxygen atoms in total. The third-order valence-electron chi connectivity index (χ3n) is 6.04. The Morgan fingerprint density at radius 3 is 2.61 bits per heavy atom. The summed E-state index contributed by atoms with van der Waals surface area (Å²) in [4.78, 5) is 28.9. The maximum atomic E-state index is 12.9. The van der Waals surface area contributed by atoms with Gasteiger partial charge in [-0.05, 0) is 54.3 Å². The summed E-state index contributed by atoms with van der Waals surface area (Å²) in [5.74, 6) is 1.52. The van der Waals surface area contributed by atoms with Crippen LogP contribution in [0.2, 0.25) is 10.0 Å². The number of nitrogens with one attached hydrogen (secondary N) is 2. The number of aryl methyl sites for hydroxylation is 1. The van der Waals surface area contributed by atoms with E-state index in [0.717, 1.165) is 41.8 Å². The van der Waals surface area contributed by atoms with Gasteiger partial charge in [0, 0.05) is 47.0 Å². The van der Waals surface area contributed by atoms with Gasteiger partial charge in [-0.2, -0.15) is 15.0 Å². The Morgan fingerprint density at radius 1 is 1.00 bits per heavy atom. The molecule has 1 aliphatic rings. The van der Waals surface area contributed by atoms with E-state index in [9.17, 15) is 4.79 Å². The van der Waals surface area contributed by atoms with Crippen LogP contribution in [0.3, 0.4) is 0 Å². The van der Waals surface area contributed by atoms with E-state index >= 15 is 0 Å². The van der Waals surface area contributed by atoms with Crippen LogP contribution in [0.25, 0.3) is 11.4 Å². The smallest absolute Gasteiger partial charge is 0.251 e. The average molecular weight is 519 g/mol. The van der Waals surface area contributed by atoms with Crippen LogP contribution in [-0.2, 0) is 13.0 Å².